The molecule has 0 saturated carbocycles. The summed E-state index contributed by atoms with van der Waals surface area (Å²) in [6, 6.07) is 14.3. The second-order valence-corrected chi connectivity index (χ2v) is 7.08. The van der Waals surface area contributed by atoms with Crippen molar-refractivity contribution < 1.29 is 9.21 Å². The molecule has 6 heteroatoms. The van der Waals surface area contributed by atoms with Crippen molar-refractivity contribution in [2.75, 3.05) is 20.6 Å². The molecule has 0 aliphatic carbocycles. The minimum Gasteiger partial charge on any atom is -0.451 e. The highest BCUT2D eigenvalue weighted by Crippen LogP contribution is 2.22. The number of aryl methyl sites for hydroxylation is 1. The first-order valence-electron chi connectivity index (χ1n) is 8.60. The molecular weight excluding hydrogens is 364 g/mol. The third-order valence-electron chi connectivity index (χ3n) is 4.50. The Kier molecular flexibility index (Phi) is 5.63. The maximum absolute atomic E-state index is 12.6. The van der Waals surface area contributed by atoms with Gasteiger partial charge in [0.25, 0.3) is 5.91 Å². The number of nitrogens with one attached hydrogen (secondary N) is 1. The molecule has 0 unspecified atom stereocenters. The van der Waals surface area contributed by atoms with Crippen molar-refractivity contribution in [3.63, 3.8) is 0 Å². The highest BCUT2D eigenvalue weighted by molar-refractivity contribution is 6.32. The molecule has 1 atom stereocenters. The molecule has 0 fully saturated rings. The lowest BCUT2D eigenvalue weighted by Crippen LogP contribution is -2.34. The monoisotopic (exact) mass is 384 g/mol. The largest absolute Gasteiger partial charge is 0.451 e. The number of rotatable bonds is 5. The van der Waals surface area contributed by atoms with Crippen LogP contribution in [0.1, 0.15) is 27.7 Å². The third kappa shape index (κ3) is 4.21. The van der Waals surface area contributed by atoms with Gasteiger partial charge in [-0.25, -0.2) is 0 Å². The van der Waals surface area contributed by atoms with E-state index in [0.29, 0.717) is 22.5 Å². The fourth-order valence-corrected chi connectivity index (χ4v) is 3.10. The number of hydrogen-bond donors (Lipinski definition) is 1. The lowest BCUT2D eigenvalue weighted by molar-refractivity contribution is 0.0914. The molecule has 140 valence electrons. The molecule has 1 N–H and O–H groups in total. The molecule has 0 bridgehead atoms. The zero-order valence-electron chi connectivity index (χ0n) is 15.5. The van der Waals surface area contributed by atoms with E-state index in [2.05, 4.69) is 5.32 Å². The van der Waals surface area contributed by atoms with Crippen LogP contribution < -0.4 is 10.7 Å². The van der Waals surface area contributed by atoms with Crippen molar-refractivity contribution in [2.45, 2.75) is 13.0 Å². The van der Waals surface area contributed by atoms with Crippen LogP contribution in [-0.4, -0.2) is 31.4 Å². The predicted octanol–water partition coefficient (Wildman–Crippen LogP) is 3.79. The summed E-state index contributed by atoms with van der Waals surface area (Å²) in [7, 11) is 3.90. The van der Waals surface area contributed by atoms with Gasteiger partial charge < -0.3 is 14.6 Å². The Morgan fingerprint density at radius 1 is 1.19 bits per heavy atom. The fourth-order valence-electron chi connectivity index (χ4n) is 2.94. The van der Waals surface area contributed by atoms with Crippen LogP contribution in [0.2, 0.25) is 5.02 Å². The van der Waals surface area contributed by atoms with Gasteiger partial charge in [0, 0.05) is 17.6 Å². The standard InChI is InChI=1S/C21H21ClN2O3/c1-13-9-19-15(10-16(13)22)18(25)11-20(27-19)21(26)23-12-17(24(2)3)14-7-5-4-6-8-14/h4-11,17H,12H2,1-3H3,(H,23,26)/t17-/m0/s1. The molecule has 3 rings (SSSR count). The van der Waals surface area contributed by atoms with Gasteiger partial charge in [0.05, 0.1) is 11.4 Å². The number of benzene rings is 2. The summed E-state index contributed by atoms with van der Waals surface area (Å²) in [4.78, 5) is 26.9. The molecular formula is C21H21ClN2O3. The molecule has 0 saturated heterocycles. The van der Waals surface area contributed by atoms with Crippen LogP contribution in [0, 0.1) is 6.92 Å². The van der Waals surface area contributed by atoms with E-state index >= 15 is 0 Å². The Balaban J connectivity index is 1.83. The molecule has 0 spiro atoms. The summed E-state index contributed by atoms with van der Waals surface area (Å²) < 4.78 is 5.65. The van der Waals surface area contributed by atoms with Crippen LogP contribution in [-0.2, 0) is 0 Å². The molecule has 3 aromatic rings. The van der Waals surface area contributed by atoms with Crippen molar-refractivity contribution in [2.24, 2.45) is 0 Å². The highest BCUT2D eigenvalue weighted by atomic mass is 35.5. The van der Waals surface area contributed by atoms with Gasteiger partial charge in [-0.15, -0.1) is 0 Å². The van der Waals surface area contributed by atoms with Crippen molar-refractivity contribution in [1.29, 1.82) is 0 Å². The number of likely N-dealkylation sites (N-methyl/N-ethyl adjacent to an activating group) is 1. The summed E-state index contributed by atoms with van der Waals surface area (Å²) >= 11 is 6.07. The Labute approximate surface area is 162 Å². The molecule has 1 heterocycles. The number of carbonyl (C=O) groups excluding carboxylic acids is 1. The third-order valence-corrected chi connectivity index (χ3v) is 4.90. The Hall–Kier alpha value is -2.63. The predicted molar refractivity (Wildman–Crippen MR) is 107 cm³/mol. The van der Waals surface area contributed by atoms with Gasteiger partial charge in [-0.1, -0.05) is 41.9 Å². The average Bonchev–Trinajstić information content (AvgIpc) is 2.64. The van der Waals surface area contributed by atoms with Gasteiger partial charge in [0.15, 0.2) is 11.2 Å². The molecule has 27 heavy (non-hydrogen) atoms. The number of halogens is 1. The first kappa shape index (κ1) is 19.1. The zero-order valence-corrected chi connectivity index (χ0v) is 16.2. The van der Waals surface area contributed by atoms with E-state index in [1.807, 2.05) is 56.3 Å². The molecule has 0 aliphatic rings. The summed E-state index contributed by atoms with van der Waals surface area (Å²) in [5.74, 6) is -0.441. The second kappa shape index (κ2) is 7.94. The molecule has 0 radical (unpaired) electrons. The lowest BCUT2D eigenvalue weighted by atomic mass is 10.1. The summed E-state index contributed by atoms with van der Waals surface area (Å²) in [6.45, 7) is 2.20. The van der Waals surface area contributed by atoms with E-state index in [4.69, 9.17) is 16.0 Å². The molecule has 5 nitrogen and oxygen atoms in total. The van der Waals surface area contributed by atoms with Crippen molar-refractivity contribution in [3.05, 3.63) is 80.7 Å². The average molecular weight is 385 g/mol. The van der Waals surface area contributed by atoms with Gasteiger partial charge in [-0.05, 0) is 44.3 Å². The molecule has 1 aromatic heterocycles. The SMILES string of the molecule is Cc1cc2oc(C(=O)NC[C@@H](c3ccccc3)N(C)C)cc(=O)c2cc1Cl. The smallest absolute Gasteiger partial charge is 0.287 e. The first-order valence-corrected chi connectivity index (χ1v) is 8.98. The quantitative estimate of drug-likeness (QED) is 0.727. The van der Waals surface area contributed by atoms with E-state index in [9.17, 15) is 9.59 Å². The topological polar surface area (TPSA) is 62.6 Å². The summed E-state index contributed by atoms with van der Waals surface area (Å²) in [6.07, 6.45) is 0. The minimum absolute atomic E-state index is 0.00313. The van der Waals surface area contributed by atoms with Crippen LogP contribution in [0.15, 0.2) is 57.7 Å². The summed E-state index contributed by atoms with van der Waals surface area (Å²) in [5, 5.41) is 3.71. The normalized spacial score (nSPS) is 12.3. The Morgan fingerprint density at radius 2 is 1.89 bits per heavy atom. The lowest BCUT2D eigenvalue weighted by Gasteiger charge is -2.25. The van der Waals surface area contributed by atoms with Crippen LogP contribution in [0.25, 0.3) is 11.0 Å². The van der Waals surface area contributed by atoms with Gasteiger partial charge in [-0.2, -0.15) is 0 Å². The number of hydrogen-bond acceptors (Lipinski definition) is 4. The maximum Gasteiger partial charge on any atom is 0.287 e. The number of carbonyl (C=O) groups is 1. The Morgan fingerprint density at radius 3 is 2.56 bits per heavy atom. The van der Waals surface area contributed by atoms with E-state index in [1.54, 1.807) is 12.1 Å². The molecule has 0 aliphatic heterocycles. The minimum atomic E-state index is -0.426. The second-order valence-electron chi connectivity index (χ2n) is 6.67. The van der Waals surface area contributed by atoms with Crippen molar-refractivity contribution in [1.82, 2.24) is 10.2 Å². The van der Waals surface area contributed by atoms with E-state index in [1.165, 1.54) is 6.07 Å². The van der Waals surface area contributed by atoms with Crippen LogP contribution >= 0.6 is 11.6 Å². The fraction of sp³-hybridized carbons (Fsp3) is 0.238. The van der Waals surface area contributed by atoms with Crippen LogP contribution in [0.3, 0.4) is 0 Å². The molecule has 1 amide bonds. The number of amides is 1. The summed E-state index contributed by atoms with van der Waals surface area (Å²) in [5.41, 5.74) is 1.92. The van der Waals surface area contributed by atoms with Crippen molar-refractivity contribution >= 4 is 28.5 Å². The van der Waals surface area contributed by atoms with E-state index in [0.717, 1.165) is 11.1 Å². The van der Waals surface area contributed by atoms with Crippen molar-refractivity contribution in [3.8, 4) is 0 Å². The van der Waals surface area contributed by atoms with Crippen LogP contribution in [0.5, 0.6) is 0 Å². The van der Waals surface area contributed by atoms with Gasteiger partial charge >= 0.3 is 0 Å². The Bertz CT molecular complexity index is 1030. The number of nitrogens with zero attached hydrogens (tertiary/aromatic N) is 1. The van der Waals surface area contributed by atoms with Gasteiger partial charge in [0.2, 0.25) is 0 Å². The highest BCUT2D eigenvalue weighted by Gasteiger charge is 2.18. The van der Waals surface area contributed by atoms with E-state index < -0.39 is 5.91 Å². The maximum atomic E-state index is 12.6. The van der Waals surface area contributed by atoms with Gasteiger partial charge in [0.1, 0.15) is 5.58 Å². The van der Waals surface area contributed by atoms with E-state index in [-0.39, 0.29) is 17.2 Å². The van der Waals surface area contributed by atoms with Crippen LogP contribution in [0.4, 0.5) is 0 Å². The zero-order chi connectivity index (χ0) is 19.6. The first-order chi connectivity index (χ1) is 12.9. The van der Waals surface area contributed by atoms with Gasteiger partial charge in [-0.3, -0.25) is 9.59 Å². The molecule has 2 aromatic carbocycles. The number of fused-ring (bicyclic) bond motifs is 1.